The van der Waals surface area contributed by atoms with Crippen LogP contribution >= 0.6 is 15.9 Å². The van der Waals surface area contributed by atoms with Crippen molar-refractivity contribution in [1.82, 2.24) is 4.98 Å². The summed E-state index contributed by atoms with van der Waals surface area (Å²) in [5.41, 5.74) is 2.15. The maximum Gasteiger partial charge on any atom is 0.335 e. The van der Waals surface area contributed by atoms with E-state index >= 15 is 0 Å². The smallest absolute Gasteiger partial charge is 0.335 e. The predicted molar refractivity (Wildman–Crippen MR) is 81.8 cm³/mol. The lowest BCUT2D eigenvalue weighted by Gasteiger charge is -2.04. The first-order chi connectivity index (χ1) is 9.63. The van der Waals surface area contributed by atoms with E-state index in [9.17, 15) is 4.79 Å². The summed E-state index contributed by atoms with van der Waals surface area (Å²) >= 11 is 3.44. The minimum atomic E-state index is -0.928. The zero-order valence-corrected chi connectivity index (χ0v) is 12.0. The van der Waals surface area contributed by atoms with Gasteiger partial charge in [-0.05, 0) is 35.7 Å². The topological polar surface area (TPSA) is 50.2 Å². The molecule has 0 aliphatic heterocycles. The molecule has 3 aromatic rings. The number of hydrogen-bond acceptors (Lipinski definition) is 2. The van der Waals surface area contributed by atoms with E-state index in [0.717, 1.165) is 26.5 Å². The molecule has 0 fully saturated rings. The van der Waals surface area contributed by atoms with Crippen molar-refractivity contribution in [3.63, 3.8) is 0 Å². The van der Waals surface area contributed by atoms with Crippen molar-refractivity contribution in [2.75, 3.05) is 0 Å². The molecule has 1 aromatic heterocycles. The van der Waals surface area contributed by atoms with Crippen LogP contribution in [0.4, 0.5) is 0 Å². The number of pyridine rings is 1. The Morgan fingerprint density at radius 3 is 2.65 bits per heavy atom. The summed E-state index contributed by atoms with van der Waals surface area (Å²) in [5, 5.41) is 10.8. The van der Waals surface area contributed by atoms with Gasteiger partial charge in [0.2, 0.25) is 0 Å². The number of benzene rings is 2. The Bertz CT molecular complexity index is 814. The molecular weight excluding hydrogens is 318 g/mol. The van der Waals surface area contributed by atoms with Gasteiger partial charge in [0.15, 0.2) is 0 Å². The van der Waals surface area contributed by atoms with E-state index in [1.54, 1.807) is 18.3 Å². The Labute approximate surface area is 124 Å². The number of nitrogens with zero attached hydrogens (tertiary/aromatic N) is 1. The third kappa shape index (κ3) is 2.42. The normalized spacial score (nSPS) is 10.7. The molecule has 98 valence electrons. The zero-order chi connectivity index (χ0) is 14.1. The Kier molecular flexibility index (Phi) is 3.24. The summed E-state index contributed by atoms with van der Waals surface area (Å²) in [4.78, 5) is 15.3. The molecule has 0 bridgehead atoms. The third-order valence-electron chi connectivity index (χ3n) is 3.09. The lowest BCUT2D eigenvalue weighted by atomic mass is 10.1. The number of aromatic carboxylic acids is 1. The molecule has 0 amide bonds. The maximum absolute atomic E-state index is 10.9. The summed E-state index contributed by atoms with van der Waals surface area (Å²) in [6, 6.07) is 14.9. The largest absolute Gasteiger partial charge is 0.478 e. The second-order valence-electron chi connectivity index (χ2n) is 4.45. The number of aromatic nitrogens is 1. The van der Waals surface area contributed by atoms with Crippen LogP contribution < -0.4 is 0 Å². The highest BCUT2D eigenvalue weighted by Crippen LogP contribution is 2.25. The quantitative estimate of drug-likeness (QED) is 0.760. The average Bonchev–Trinajstić information content (AvgIpc) is 2.46. The number of carboxylic acid groups (broad SMARTS) is 1. The van der Waals surface area contributed by atoms with Crippen LogP contribution in [0.1, 0.15) is 10.4 Å². The Morgan fingerprint density at radius 2 is 1.90 bits per heavy atom. The number of rotatable bonds is 2. The first kappa shape index (κ1) is 12.8. The van der Waals surface area contributed by atoms with Crippen molar-refractivity contribution in [2.24, 2.45) is 0 Å². The van der Waals surface area contributed by atoms with E-state index in [1.807, 2.05) is 36.4 Å². The van der Waals surface area contributed by atoms with Crippen molar-refractivity contribution in [3.05, 3.63) is 64.8 Å². The molecule has 0 spiro atoms. The van der Waals surface area contributed by atoms with E-state index in [4.69, 9.17) is 5.11 Å². The maximum atomic E-state index is 10.9. The fourth-order valence-electron chi connectivity index (χ4n) is 2.08. The van der Waals surface area contributed by atoms with E-state index in [2.05, 4.69) is 20.9 Å². The minimum absolute atomic E-state index is 0.273. The molecule has 0 aliphatic carbocycles. The zero-order valence-electron chi connectivity index (χ0n) is 10.4. The summed E-state index contributed by atoms with van der Waals surface area (Å²) in [6.45, 7) is 0. The number of carbonyl (C=O) groups is 1. The van der Waals surface area contributed by atoms with Gasteiger partial charge in [-0.25, -0.2) is 4.79 Å². The number of halogens is 1. The van der Waals surface area contributed by atoms with Gasteiger partial charge in [0.25, 0.3) is 0 Å². The van der Waals surface area contributed by atoms with Crippen molar-refractivity contribution in [3.8, 4) is 11.3 Å². The van der Waals surface area contributed by atoms with Crippen LogP contribution in [0.25, 0.3) is 22.0 Å². The number of carboxylic acids is 1. The number of fused-ring (bicyclic) bond motifs is 1. The molecule has 1 heterocycles. The first-order valence-electron chi connectivity index (χ1n) is 6.02. The van der Waals surface area contributed by atoms with Crippen molar-refractivity contribution < 1.29 is 9.90 Å². The highest BCUT2D eigenvalue weighted by molar-refractivity contribution is 9.10. The fourth-order valence-corrected chi connectivity index (χ4v) is 2.48. The standard InChI is InChI=1S/C16H10BrNO2/c17-14-3-1-2-11(7-14)15-8-10-4-5-12(16(19)20)6-13(10)9-18-15/h1-9H,(H,19,20). The van der Waals surface area contributed by atoms with Crippen LogP contribution in [0.5, 0.6) is 0 Å². The molecule has 3 rings (SSSR count). The molecule has 0 saturated heterocycles. The fraction of sp³-hybridized carbons (Fsp3) is 0. The predicted octanol–water partition coefficient (Wildman–Crippen LogP) is 4.36. The molecule has 0 unspecified atom stereocenters. The Hall–Kier alpha value is -2.20. The molecule has 0 atom stereocenters. The molecular formula is C16H10BrNO2. The van der Waals surface area contributed by atoms with Gasteiger partial charge in [-0.15, -0.1) is 0 Å². The van der Waals surface area contributed by atoms with Gasteiger partial charge >= 0.3 is 5.97 Å². The summed E-state index contributed by atoms with van der Waals surface area (Å²) < 4.78 is 0.998. The highest BCUT2D eigenvalue weighted by Gasteiger charge is 2.06. The SMILES string of the molecule is O=C(O)c1ccc2cc(-c3cccc(Br)c3)ncc2c1. The average molecular weight is 328 g/mol. The van der Waals surface area contributed by atoms with Crippen LogP contribution in [0.2, 0.25) is 0 Å². The van der Waals surface area contributed by atoms with Crippen LogP contribution in [-0.4, -0.2) is 16.1 Å². The summed E-state index contributed by atoms with van der Waals surface area (Å²) in [7, 11) is 0. The van der Waals surface area contributed by atoms with E-state index in [-0.39, 0.29) is 5.56 Å². The third-order valence-corrected chi connectivity index (χ3v) is 3.58. The van der Waals surface area contributed by atoms with Crippen LogP contribution in [0.15, 0.2) is 59.2 Å². The van der Waals surface area contributed by atoms with Gasteiger partial charge < -0.3 is 5.11 Å². The van der Waals surface area contributed by atoms with Gasteiger partial charge in [0.1, 0.15) is 0 Å². The second kappa shape index (κ2) is 5.06. The summed E-state index contributed by atoms with van der Waals surface area (Å²) in [6.07, 6.45) is 1.71. The van der Waals surface area contributed by atoms with Crippen molar-refractivity contribution in [1.29, 1.82) is 0 Å². The summed E-state index contributed by atoms with van der Waals surface area (Å²) in [5.74, 6) is -0.928. The van der Waals surface area contributed by atoms with Gasteiger partial charge in [-0.3, -0.25) is 4.98 Å². The van der Waals surface area contributed by atoms with Crippen LogP contribution in [0.3, 0.4) is 0 Å². The van der Waals surface area contributed by atoms with Gasteiger partial charge in [0, 0.05) is 21.6 Å². The van der Waals surface area contributed by atoms with Crippen LogP contribution in [-0.2, 0) is 0 Å². The lowest BCUT2D eigenvalue weighted by Crippen LogP contribution is -1.95. The number of hydrogen-bond donors (Lipinski definition) is 1. The Balaban J connectivity index is 2.12. The van der Waals surface area contributed by atoms with Gasteiger partial charge in [-0.2, -0.15) is 0 Å². The van der Waals surface area contributed by atoms with E-state index in [1.165, 1.54) is 0 Å². The molecule has 0 saturated carbocycles. The molecule has 0 radical (unpaired) electrons. The van der Waals surface area contributed by atoms with E-state index < -0.39 is 5.97 Å². The molecule has 20 heavy (non-hydrogen) atoms. The first-order valence-corrected chi connectivity index (χ1v) is 6.82. The molecule has 0 aliphatic rings. The highest BCUT2D eigenvalue weighted by atomic mass is 79.9. The van der Waals surface area contributed by atoms with Crippen molar-refractivity contribution >= 4 is 32.7 Å². The van der Waals surface area contributed by atoms with Gasteiger partial charge in [-0.1, -0.05) is 34.1 Å². The molecule has 3 nitrogen and oxygen atoms in total. The monoisotopic (exact) mass is 327 g/mol. The van der Waals surface area contributed by atoms with Gasteiger partial charge in [0.05, 0.1) is 11.3 Å². The van der Waals surface area contributed by atoms with Crippen LogP contribution in [0, 0.1) is 0 Å². The minimum Gasteiger partial charge on any atom is -0.478 e. The second-order valence-corrected chi connectivity index (χ2v) is 5.36. The van der Waals surface area contributed by atoms with Crippen molar-refractivity contribution in [2.45, 2.75) is 0 Å². The van der Waals surface area contributed by atoms with E-state index in [0.29, 0.717) is 0 Å². The lowest BCUT2D eigenvalue weighted by molar-refractivity contribution is 0.0697. The molecule has 4 heteroatoms. The Morgan fingerprint density at radius 1 is 1.05 bits per heavy atom. The molecule has 2 aromatic carbocycles. The molecule has 1 N–H and O–H groups in total.